The molecule has 0 aliphatic heterocycles. The first-order valence-electron chi connectivity index (χ1n) is 12.2. The highest BCUT2D eigenvalue weighted by Gasteiger charge is 2.31. The Labute approximate surface area is 233 Å². The standard InChI is InChI=1S/C29H32Cl2N2O3S/c1-3-16-32-29(35)27(17-21-8-5-4-6-9-21)33(18-24-25(30)10-7-11-26(24)31)28(34)20-37-19-22-12-14-23(36-2)15-13-22/h4-15,27H,3,16-20H2,1-2H3,(H,32,35)/t27-/m0/s1. The number of nitrogens with zero attached hydrogens (tertiary/aromatic N) is 1. The molecule has 0 spiro atoms. The third-order valence-corrected chi connectivity index (χ3v) is 7.56. The molecule has 3 aromatic carbocycles. The Morgan fingerprint density at radius 3 is 2.24 bits per heavy atom. The molecule has 0 aromatic heterocycles. The molecule has 196 valence electrons. The second kappa shape index (κ2) is 14.9. The summed E-state index contributed by atoms with van der Waals surface area (Å²) < 4.78 is 5.22. The number of carbonyl (C=O) groups excluding carboxylic acids is 2. The van der Waals surface area contributed by atoms with E-state index in [1.807, 2.05) is 61.5 Å². The van der Waals surface area contributed by atoms with Crippen molar-refractivity contribution in [2.24, 2.45) is 0 Å². The number of hydrogen-bond donors (Lipinski definition) is 1. The summed E-state index contributed by atoms with van der Waals surface area (Å²) in [4.78, 5) is 28.7. The summed E-state index contributed by atoms with van der Waals surface area (Å²) >= 11 is 14.5. The molecule has 0 radical (unpaired) electrons. The highest BCUT2D eigenvalue weighted by atomic mass is 35.5. The third-order valence-electron chi connectivity index (χ3n) is 5.86. The van der Waals surface area contributed by atoms with Gasteiger partial charge in [-0.1, -0.05) is 78.7 Å². The van der Waals surface area contributed by atoms with Gasteiger partial charge in [-0.05, 0) is 41.8 Å². The van der Waals surface area contributed by atoms with Gasteiger partial charge in [-0.25, -0.2) is 0 Å². The molecule has 0 unspecified atom stereocenters. The zero-order valence-corrected chi connectivity index (χ0v) is 23.4. The van der Waals surface area contributed by atoms with Crippen LogP contribution in [0.5, 0.6) is 5.75 Å². The van der Waals surface area contributed by atoms with E-state index in [1.54, 1.807) is 30.2 Å². The van der Waals surface area contributed by atoms with E-state index >= 15 is 0 Å². The number of hydrogen-bond acceptors (Lipinski definition) is 4. The number of ether oxygens (including phenoxy) is 1. The lowest BCUT2D eigenvalue weighted by atomic mass is 10.0. The van der Waals surface area contributed by atoms with Crippen LogP contribution in [0.25, 0.3) is 0 Å². The quantitative estimate of drug-likeness (QED) is 0.263. The van der Waals surface area contributed by atoms with Crippen LogP contribution < -0.4 is 10.1 Å². The number of benzene rings is 3. The summed E-state index contributed by atoms with van der Waals surface area (Å²) in [6, 6.07) is 22.0. The van der Waals surface area contributed by atoms with E-state index < -0.39 is 6.04 Å². The van der Waals surface area contributed by atoms with E-state index in [0.717, 1.165) is 23.3 Å². The Morgan fingerprint density at radius 2 is 1.62 bits per heavy atom. The predicted octanol–water partition coefficient (Wildman–Crippen LogP) is 6.40. The Balaban J connectivity index is 1.86. The molecule has 0 heterocycles. The Bertz CT molecular complexity index is 1140. The molecule has 2 amide bonds. The summed E-state index contributed by atoms with van der Waals surface area (Å²) in [5.74, 6) is 1.31. The first kappa shape index (κ1) is 28.9. The van der Waals surface area contributed by atoms with E-state index in [9.17, 15) is 9.59 Å². The van der Waals surface area contributed by atoms with Gasteiger partial charge in [0.05, 0.1) is 12.9 Å². The van der Waals surface area contributed by atoms with Crippen molar-refractivity contribution < 1.29 is 14.3 Å². The minimum Gasteiger partial charge on any atom is -0.497 e. The second-order valence-corrected chi connectivity index (χ2v) is 10.4. The molecule has 8 heteroatoms. The first-order valence-corrected chi connectivity index (χ1v) is 14.1. The lowest BCUT2D eigenvalue weighted by Gasteiger charge is -2.32. The van der Waals surface area contributed by atoms with Crippen LogP contribution in [-0.4, -0.2) is 42.2 Å². The fourth-order valence-electron chi connectivity index (χ4n) is 3.83. The minimum atomic E-state index is -0.713. The van der Waals surface area contributed by atoms with Crippen LogP contribution in [0.1, 0.15) is 30.0 Å². The van der Waals surface area contributed by atoms with Crippen LogP contribution in [0, 0.1) is 0 Å². The number of halogens is 2. The van der Waals surface area contributed by atoms with Gasteiger partial charge in [0.1, 0.15) is 11.8 Å². The number of thioether (sulfide) groups is 1. The fraction of sp³-hybridized carbons (Fsp3) is 0.310. The molecule has 0 fully saturated rings. The fourth-order valence-corrected chi connectivity index (χ4v) is 5.22. The Hall–Kier alpha value is -2.67. The molecule has 0 saturated carbocycles. The van der Waals surface area contributed by atoms with E-state index in [2.05, 4.69) is 5.32 Å². The Kier molecular flexibility index (Phi) is 11.6. The molecule has 0 aliphatic rings. The van der Waals surface area contributed by atoms with Crippen molar-refractivity contribution in [3.05, 3.63) is 99.5 Å². The van der Waals surface area contributed by atoms with Crippen LogP contribution in [0.15, 0.2) is 72.8 Å². The molecule has 3 rings (SSSR count). The molecule has 0 aliphatic carbocycles. The van der Waals surface area contributed by atoms with Gasteiger partial charge in [-0.3, -0.25) is 9.59 Å². The maximum atomic E-state index is 13.7. The van der Waals surface area contributed by atoms with Gasteiger partial charge in [-0.15, -0.1) is 11.8 Å². The highest BCUT2D eigenvalue weighted by molar-refractivity contribution is 7.99. The van der Waals surface area contributed by atoms with Gasteiger partial charge in [-0.2, -0.15) is 0 Å². The average molecular weight is 560 g/mol. The topological polar surface area (TPSA) is 58.6 Å². The molecular formula is C29H32Cl2N2O3S. The van der Waals surface area contributed by atoms with Crippen LogP contribution in [0.3, 0.4) is 0 Å². The van der Waals surface area contributed by atoms with Crippen molar-refractivity contribution in [3.63, 3.8) is 0 Å². The van der Waals surface area contributed by atoms with Crippen LogP contribution in [-0.2, 0) is 28.3 Å². The lowest BCUT2D eigenvalue weighted by molar-refractivity contribution is -0.139. The van der Waals surface area contributed by atoms with Crippen LogP contribution in [0.2, 0.25) is 10.0 Å². The molecule has 37 heavy (non-hydrogen) atoms. The van der Waals surface area contributed by atoms with Crippen LogP contribution >= 0.6 is 35.0 Å². The monoisotopic (exact) mass is 558 g/mol. The summed E-state index contributed by atoms with van der Waals surface area (Å²) in [6.07, 6.45) is 1.18. The molecule has 1 N–H and O–H groups in total. The molecule has 3 aromatic rings. The summed E-state index contributed by atoms with van der Waals surface area (Å²) in [5, 5.41) is 3.90. The predicted molar refractivity (Wildman–Crippen MR) is 153 cm³/mol. The largest absolute Gasteiger partial charge is 0.497 e. The second-order valence-electron chi connectivity index (χ2n) is 8.56. The van der Waals surface area contributed by atoms with Crippen molar-refractivity contribution in [2.45, 2.75) is 38.1 Å². The Morgan fingerprint density at radius 1 is 0.946 bits per heavy atom. The number of methoxy groups -OCH3 is 1. The van der Waals surface area contributed by atoms with Gasteiger partial charge in [0.25, 0.3) is 0 Å². The highest BCUT2D eigenvalue weighted by Crippen LogP contribution is 2.28. The summed E-state index contributed by atoms with van der Waals surface area (Å²) in [6.45, 7) is 2.66. The molecular weight excluding hydrogens is 527 g/mol. The zero-order valence-electron chi connectivity index (χ0n) is 21.1. The minimum absolute atomic E-state index is 0.136. The van der Waals surface area contributed by atoms with E-state index in [0.29, 0.717) is 34.3 Å². The third kappa shape index (κ3) is 8.70. The van der Waals surface area contributed by atoms with Gasteiger partial charge >= 0.3 is 0 Å². The summed E-state index contributed by atoms with van der Waals surface area (Å²) in [7, 11) is 1.63. The van der Waals surface area contributed by atoms with Gasteiger partial charge in [0, 0.05) is 40.9 Å². The van der Waals surface area contributed by atoms with E-state index in [-0.39, 0.29) is 24.1 Å². The SMILES string of the molecule is CCCNC(=O)[C@H](Cc1ccccc1)N(Cc1c(Cl)cccc1Cl)C(=O)CSCc1ccc(OC)cc1. The van der Waals surface area contributed by atoms with Gasteiger partial charge in [0.2, 0.25) is 11.8 Å². The zero-order chi connectivity index (χ0) is 26.6. The van der Waals surface area contributed by atoms with Crippen molar-refractivity contribution in [2.75, 3.05) is 19.4 Å². The van der Waals surface area contributed by atoms with Crippen molar-refractivity contribution in [1.82, 2.24) is 10.2 Å². The van der Waals surface area contributed by atoms with Crippen molar-refractivity contribution in [1.29, 1.82) is 0 Å². The lowest BCUT2D eigenvalue weighted by Crippen LogP contribution is -2.51. The number of carbonyl (C=O) groups is 2. The maximum Gasteiger partial charge on any atom is 0.243 e. The summed E-state index contributed by atoms with van der Waals surface area (Å²) in [5.41, 5.74) is 2.68. The van der Waals surface area contributed by atoms with E-state index in [1.165, 1.54) is 11.8 Å². The van der Waals surface area contributed by atoms with Crippen LogP contribution in [0.4, 0.5) is 0 Å². The number of amides is 2. The smallest absolute Gasteiger partial charge is 0.243 e. The van der Waals surface area contributed by atoms with E-state index in [4.69, 9.17) is 27.9 Å². The van der Waals surface area contributed by atoms with Gasteiger partial charge in [0.15, 0.2) is 0 Å². The molecule has 1 atom stereocenters. The molecule has 0 bridgehead atoms. The first-order chi connectivity index (χ1) is 17.9. The molecule has 0 saturated heterocycles. The normalized spacial score (nSPS) is 11.6. The maximum absolute atomic E-state index is 13.7. The number of rotatable bonds is 13. The van der Waals surface area contributed by atoms with Crippen molar-refractivity contribution >= 4 is 46.8 Å². The van der Waals surface area contributed by atoms with Crippen molar-refractivity contribution in [3.8, 4) is 5.75 Å². The average Bonchev–Trinajstić information content (AvgIpc) is 2.91. The molecule has 5 nitrogen and oxygen atoms in total. The van der Waals surface area contributed by atoms with Gasteiger partial charge < -0.3 is 15.0 Å². The number of nitrogens with one attached hydrogen (secondary N) is 1.